The minimum Gasteiger partial charge on any atom is -0.457 e. The molecule has 1 saturated heterocycles. The Hall–Kier alpha value is -2.19. The lowest BCUT2D eigenvalue weighted by molar-refractivity contribution is -0.137. The molecule has 8 heteroatoms. The molecule has 0 saturated carbocycles. The van der Waals surface area contributed by atoms with Gasteiger partial charge in [0.05, 0.1) is 11.3 Å². The van der Waals surface area contributed by atoms with E-state index in [0.29, 0.717) is 32.9 Å². The van der Waals surface area contributed by atoms with Crippen LogP contribution in [0.25, 0.3) is 17.4 Å². The molecule has 0 bridgehead atoms. The van der Waals surface area contributed by atoms with Crippen LogP contribution in [0.3, 0.4) is 0 Å². The molecule has 2 aromatic rings. The number of hydrogen-bond acceptors (Lipinski definition) is 3. The van der Waals surface area contributed by atoms with E-state index in [4.69, 9.17) is 28.9 Å². The number of alkyl halides is 3. The molecular weight excluding hydrogens is 381 g/mol. The molecule has 0 unspecified atom stereocenters. The second-order valence-electron chi connectivity index (χ2n) is 5.73. The number of halogens is 3. The van der Waals surface area contributed by atoms with Crippen molar-refractivity contribution in [2.45, 2.75) is 19.5 Å². The van der Waals surface area contributed by atoms with Gasteiger partial charge in [-0.25, -0.2) is 0 Å². The lowest BCUT2D eigenvalue weighted by Crippen LogP contribution is -2.30. The molecule has 1 aromatic heterocycles. The van der Waals surface area contributed by atoms with E-state index in [1.807, 2.05) is 11.8 Å². The number of benzene rings is 1. The molecule has 0 radical (unpaired) electrons. The summed E-state index contributed by atoms with van der Waals surface area (Å²) in [6.45, 7) is 2.75. The third kappa shape index (κ3) is 3.81. The first-order valence-corrected chi connectivity index (χ1v) is 8.73. The standard InChI is InChI=1S/C18H15F3N2OS2/c1-2-8-23-16(25)14(22-17(23)26)10-13-6-7-15(24-13)11-4-3-5-12(9-11)18(19,20)21/h3-7,9-10H,2,8H2,1H3,(H,22,26)/b14-10-. The van der Waals surface area contributed by atoms with Crippen LogP contribution in [0, 0.1) is 0 Å². The molecule has 1 aromatic carbocycles. The molecule has 2 heterocycles. The van der Waals surface area contributed by atoms with Crippen molar-refractivity contribution in [1.29, 1.82) is 0 Å². The first kappa shape index (κ1) is 18.6. The number of hydrogen-bond donors (Lipinski definition) is 1. The number of nitrogens with zero attached hydrogens (tertiary/aromatic N) is 1. The highest BCUT2D eigenvalue weighted by molar-refractivity contribution is 7.82. The van der Waals surface area contributed by atoms with Crippen LogP contribution in [0.2, 0.25) is 0 Å². The SMILES string of the molecule is CCCN1C(=S)N/C(=C\c2ccc(-c3cccc(C(F)(F)F)c3)o2)C1=S. The number of nitrogens with one attached hydrogen (secondary N) is 1. The van der Waals surface area contributed by atoms with E-state index in [1.54, 1.807) is 24.3 Å². The molecule has 1 fully saturated rings. The van der Waals surface area contributed by atoms with Gasteiger partial charge in [0.1, 0.15) is 16.5 Å². The molecule has 136 valence electrons. The molecule has 1 aliphatic rings. The number of furan rings is 1. The fourth-order valence-electron chi connectivity index (χ4n) is 2.57. The Balaban J connectivity index is 1.85. The summed E-state index contributed by atoms with van der Waals surface area (Å²) in [4.78, 5) is 2.40. The summed E-state index contributed by atoms with van der Waals surface area (Å²) in [6, 6.07) is 8.32. The predicted molar refractivity (Wildman–Crippen MR) is 102 cm³/mol. The molecular formula is C18H15F3N2OS2. The molecule has 26 heavy (non-hydrogen) atoms. The summed E-state index contributed by atoms with van der Waals surface area (Å²) >= 11 is 10.7. The zero-order valence-corrected chi connectivity index (χ0v) is 15.4. The average Bonchev–Trinajstić information content (AvgIpc) is 3.15. The van der Waals surface area contributed by atoms with Crippen molar-refractivity contribution in [3.05, 3.63) is 53.4 Å². The van der Waals surface area contributed by atoms with Crippen LogP contribution in [0.5, 0.6) is 0 Å². The maximum atomic E-state index is 12.9. The lowest BCUT2D eigenvalue weighted by Gasteiger charge is -2.13. The van der Waals surface area contributed by atoms with Crippen LogP contribution >= 0.6 is 24.4 Å². The quantitative estimate of drug-likeness (QED) is 0.564. The Morgan fingerprint density at radius 2 is 1.96 bits per heavy atom. The normalized spacial score (nSPS) is 16.5. The highest BCUT2D eigenvalue weighted by atomic mass is 32.1. The van der Waals surface area contributed by atoms with Crippen molar-refractivity contribution < 1.29 is 17.6 Å². The van der Waals surface area contributed by atoms with Gasteiger partial charge in [-0.3, -0.25) is 0 Å². The van der Waals surface area contributed by atoms with Crippen LogP contribution in [0.4, 0.5) is 13.2 Å². The predicted octanol–water partition coefficient (Wildman–Crippen LogP) is 5.23. The molecule has 0 spiro atoms. The summed E-state index contributed by atoms with van der Waals surface area (Å²) in [5, 5.41) is 3.57. The summed E-state index contributed by atoms with van der Waals surface area (Å²) in [6.07, 6.45) is -1.80. The Morgan fingerprint density at radius 1 is 1.19 bits per heavy atom. The van der Waals surface area contributed by atoms with E-state index in [1.165, 1.54) is 6.07 Å². The smallest absolute Gasteiger partial charge is 0.416 e. The van der Waals surface area contributed by atoms with E-state index in [0.717, 1.165) is 25.1 Å². The Morgan fingerprint density at radius 3 is 2.65 bits per heavy atom. The van der Waals surface area contributed by atoms with Gasteiger partial charge in [0, 0.05) is 18.2 Å². The first-order valence-electron chi connectivity index (χ1n) is 7.91. The summed E-state index contributed by atoms with van der Waals surface area (Å²) in [5.41, 5.74) is 0.281. The maximum Gasteiger partial charge on any atom is 0.416 e. The van der Waals surface area contributed by atoms with Crippen molar-refractivity contribution in [2.75, 3.05) is 6.54 Å². The number of rotatable bonds is 4. The van der Waals surface area contributed by atoms with Gasteiger partial charge in [-0.1, -0.05) is 31.3 Å². The van der Waals surface area contributed by atoms with Gasteiger partial charge in [0.25, 0.3) is 0 Å². The van der Waals surface area contributed by atoms with E-state index < -0.39 is 11.7 Å². The summed E-state index contributed by atoms with van der Waals surface area (Å²) in [7, 11) is 0. The third-order valence-electron chi connectivity index (χ3n) is 3.80. The van der Waals surface area contributed by atoms with Crippen LogP contribution < -0.4 is 5.32 Å². The van der Waals surface area contributed by atoms with E-state index in [9.17, 15) is 13.2 Å². The Labute approximate surface area is 159 Å². The van der Waals surface area contributed by atoms with Gasteiger partial charge in [0.15, 0.2) is 5.11 Å². The van der Waals surface area contributed by atoms with Crippen molar-refractivity contribution in [3.8, 4) is 11.3 Å². The van der Waals surface area contributed by atoms with Crippen LogP contribution in [-0.4, -0.2) is 21.5 Å². The van der Waals surface area contributed by atoms with Crippen LogP contribution in [0.15, 0.2) is 46.5 Å². The molecule has 1 aliphatic heterocycles. The number of thiocarbonyl (C=S) groups is 2. The average molecular weight is 396 g/mol. The van der Waals surface area contributed by atoms with Crippen molar-refractivity contribution in [3.63, 3.8) is 0 Å². The second-order valence-corrected chi connectivity index (χ2v) is 6.50. The second kappa shape index (κ2) is 7.20. The largest absolute Gasteiger partial charge is 0.457 e. The van der Waals surface area contributed by atoms with Crippen molar-refractivity contribution in [1.82, 2.24) is 10.2 Å². The van der Waals surface area contributed by atoms with E-state index in [2.05, 4.69) is 5.32 Å². The fourth-order valence-corrected chi connectivity index (χ4v) is 3.22. The molecule has 1 N–H and O–H groups in total. The van der Waals surface area contributed by atoms with E-state index in [-0.39, 0.29) is 0 Å². The minimum absolute atomic E-state index is 0.347. The Kier molecular flexibility index (Phi) is 5.15. The molecule has 0 amide bonds. The lowest BCUT2D eigenvalue weighted by atomic mass is 10.1. The maximum absolute atomic E-state index is 12.9. The third-order valence-corrected chi connectivity index (χ3v) is 4.56. The molecule has 0 aliphatic carbocycles. The van der Waals surface area contributed by atoms with Crippen molar-refractivity contribution in [2.24, 2.45) is 0 Å². The zero-order valence-electron chi connectivity index (χ0n) is 13.8. The van der Waals surface area contributed by atoms with Gasteiger partial charge in [0.2, 0.25) is 0 Å². The zero-order chi connectivity index (χ0) is 18.9. The highest BCUT2D eigenvalue weighted by Gasteiger charge is 2.30. The molecule has 0 atom stereocenters. The summed E-state index contributed by atoms with van der Waals surface area (Å²) in [5.74, 6) is 0.822. The monoisotopic (exact) mass is 396 g/mol. The van der Waals surface area contributed by atoms with Gasteiger partial charge in [-0.15, -0.1) is 0 Å². The van der Waals surface area contributed by atoms with E-state index >= 15 is 0 Å². The van der Waals surface area contributed by atoms with Gasteiger partial charge in [-0.2, -0.15) is 13.2 Å². The Bertz CT molecular complexity index is 887. The summed E-state index contributed by atoms with van der Waals surface area (Å²) < 4.78 is 44.2. The van der Waals surface area contributed by atoms with Crippen molar-refractivity contribution >= 4 is 40.6 Å². The van der Waals surface area contributed by atoms with Crippen LogP contribution in [0.1, 0.15) is 24.7 Å². The van der Waals surface area contributed by atoms with Gasteiger partial charge < -0.3 is 14.6 Å². The first-order chi connectivity index (χ1) is 12.3. The molecule has 3 rings (SSSR count). The topological polar surface area (TPSA) is 28.4 Å². The molecule has 3 nitrogen and oxygen atoms in total. The van der Waals surface area contributed by atoms with Gasteiger partial charge in [-0.05, 0) is 42.9 Å². The van der Waals surface area contributed by atoms with Gasteiger partial charge >= 0.3 is 6.18 Å². The van der Waals surface area contributed by atoms with Crippen LogP contribution in [-0.2, 0) is 6.18 Å². The minimum atomic E-state index is -4.40. The fraction of sp³-hybridized carbons (Fsp3) is 0.222. The highest BCUT2D eigenvalue weighted by Crippen LogP contribution is 2.33.